The molecule has 0 bridgehead atoms. The SMILES string of the molecule is CNc1nccc(-c2[nH]c(C3OCC(C)(C(=O)NC4CC4)CO3)nc2-c2ccc(F)cc2)n1. The molecule has 2 aromatic heterocycles. The van der Waals surface area contributed by atoms with Crippen molar-refractivity contribution in [2.45, 2.75) is 32.1 Å². The molecule has 0 radical (unpaired) electrons. The van der Waals surface area contributed by atoms with Crippen molar-refractivity contribution in [2.75, 3.05) is 25.6 Å². The van der Waals surface area contributed by atoms with Gasteiger partial charge < -0.3 is 25.1 Å². The van der Waals surface area contributed by atoms with Gasteiger partial charge >= 0.3 is 0 Å². The van der Waals surface area contributed by atoms with Gasteiger partial charge in [0.25, 0.3) is 0 Å². The summed E-state index contributed by atoms with van der Waals surface area (Å²) in [6.07, 6.45) is 2.91. The lowest BCUT2D eigenvalue weighted by atomic mass is 9.91. The van der Waals surface area contributed by atoms with Gasteiger partial charge in [-0.15, -0.1) is 0 Å². The summed E-state index contributed by atoms with van der Waals surface area (Å²) in [6, 6.07) is 8.09. The Morgan fingerprint density at radius 2 is 1.88 bits per heavy atom. The Hall–Kier alpha value is -3.37. The van der Waals surface area contributed by atoms with Crippen LogP contribution in [0.1, 0.15) is 31.9 Å². The fourth-order valence-electron chi connectivity index (χ4n) is 3.61. The standard InChI is InChI=1S/C23H25FN6O3/c1-23(21(31)27-15-7-8-15)11-32-20(33-12-23)19-29-17(13-3-5-14(24)6-4-13)18(30-19)16-9-10-26-22(25-2)28-16/h3-6,9-10,15,20H,7-8,11-12H2,1-2H3,(H,27,31)(H,29,30)(H,25,26,28). The van der Waals surface area contributed by atoms with Crippen LogP contribution in [0.25, 0.3) is 22.6 Å². The summed E-state index contributed by atoms with van der Waals surface area (Å²) >= 11 is 0. The van der Waals surface area contributed by atoms with E-state index in [0.717, 1.165) is 12.8 Å². The molecule has 172 valence electrons. The van der Waals surface area contributed by atoms with Gasteiger partial charge in [0, 0.05) is 24.8 Å². The van der Waals surface area contributed by atoms with Crippen molar-refractivity contribution < 1.29 is 18.7 Å². The number of amides is 1. The van der Waals surface area contributed by atoms with Crippen molar-refractivity contribution >= 4 is 11.9 Å². The molecule has 3 heterocycles. The number of H-pyrrole nitrogens is 1. The van der Waals surface area contributed by atoms with Crippen LogP contribution in [-0.4, -0.2) is 52.1 Å². The molecule has 2 aliphatic rings. The zero-order valence-corrected chi connectivity index (χ0v) is 18.4. The van der Waals surface area contributed by atoms with E-state index >= 15 is 0 Å². The lowest BCUT2D eigenvalue weighted by Gasteiger charge is -2.35. The molecule has 1 aliphatic heterocycles. The van der Waals surface area contributed by atoms with E-state index < -0.39 is 11.7 Å². The Morgan fingerprint density at radius 1 is 1.15 bits per heavy atom. The Bertz CT molecular complexity index is 1150. The summed E-state index contributed by atoms with van der Waals surface area (Å²) in [5.74, 6) is 0.504. The smallest absolute Gasteiger partial charge is 0.230 e. The first-order valence-electron chi connectivity index (χ1n) is 10.9. The molecule has 10 heteroatoms. The van der Waals surface area contributed by atoms with Gasteiger partial charge in [-0.1, -0.05) is 0 Å². The number of benzene rings is 1. The third kappa shape index (κ3) is 4.44. The fraction of sp³-hybridized carbons (Fsp3) is 0.391. The van der Waals surface area contributed by atoms with E-state index in [0.29, 0.717) is 34.4 Å². The maximum absolute atomic E-state index is 13.5. The molecular weight excluding hydrogens is 427 g/mol. The number of hydrogen-bond donors (Lipinski definition) is 3. The molecule has 0 atom stereocenters. The average molecular weight is 452 g/mol. The largest absolute Gasteiger partial charge is 0.357 e. The highest BCUT2D eigenvalue weighted by molar-refractivity contribution is 5.83. The molecule has 9 nitrogen and oxygen atoms in total. The van der Waals surface area contributed by atoms with Crippen molar-refractivity contribution in [1.82, 2.24) is 25.3 Å². The molecule has 1 aliphatic carbocycles. The topological polar surface area (TPSA) is 114 Å². The molecule has 3 aromatic rings. The molecule has 5 rings (SSSR count). The molecule has 1 amide bonds. The normalized spacial score (nSPS) is 22.7. The molecule has 1 aromatic carbocycles. The predicted octanol–water partition coefficient (Wildman–Crippen LogP) is 3.04. The van der Waals surface area contributed by atoms with Gasteiger partial charge in [0.2, 0.25) is 18.1 Å². The minimum Gasteiger partial charge on any atom is -0.357 e. The van der Waals surface area contributed by atoms with Gasteiger partial charge in [-0.25, -0.2) is 19.3 Å². The van der Waals surface area contributed by atoms with Crippen molar-refractivity contribution in [3.05, 3.63) is 48.2 Å². The second-order valence-electron chi connectivity index (χ2n) is 8.63. The molecule has 1 saturated heterocycles. The molecule has 0 spiro atoms. The van der Waals surface area contributed by atoms with Crippen molar-refractivity contribution in [1.29, 1.82) is 0 Å². The molecule has 2 fully saturated rings. The second-order valence-corrected chi connectivity index (χ2v) is 8.63. The van der Waals surface area contributed by atoms with Crippen LogP contribution in [0.2, 0.25) is 0 Å². The molecule has 3 N–H and O–H groups in total. The highest BCUT2D eigenvalue weighted by Gasteiger charge is 2.42. The number of aromatic amines is 1. The number of ether oxygens (including phenoxy) is 2. The van der Waals surface area contributed by atoms with Gasteiger partial charge in [0.1, 0.15) is 5.82 Å². The zero-order chi connectivity index (χ0) is 23.0. The maximum atomic E-state index is 13.5. The Labute approximate surface area is 190 Å². The summed E-state index contributed by atoms with van der Waals surface area (Å²) < 4.78 is 25.4. The first-order valence-corrected chi connectivity index (χ1v) is 10.9. The monoisotopic (exact) mass is 452 g/mol. The van der Waals surface area contributed by atoms with Crippen LogP contribution in [0.3, 0.4) is 0 Å². The summed E-state index contributed by atoms with van der Waals surface area (Å²) in [4.78, 5) is 29.2. The van der Waals surface area contributed by atoms with Crippen molar-refractivity contribution in [3.63, 3.8) is 0 Å². The first-order chi connectivity index (χ1) is 15.9. The first kappa shape index (κ1) is 21.5. The third-order valence-electron chi connectivity index (χ3n) is 5.77. The highest BCUT2D eigenvalue weighted by Crippen LogP contribution is 2.36. The second kappa shape index (κ2) is 8.53. The van der Waals surface area contributed by atoms with Gasteiger partial charge in [0.15, 0.2) is 5.82 Å². The third-order valence-corrected chi connectivity index (χ3v) is 5.77. The van der Waals surface area contributed by atoms with Crippen molar-refractivity contribution in [2.24, 2.45) is 5.41 Å². The van der Waals surface area contributed by atoms with Crippen LogP contribution in [0.4, 0.5) is 10.3 Å². The van der Waals surface area contributed by atoms with Crippen molar-refractivity contribution in [3.8, 4) is 22.6 Å². The van der Waals surface area contributed by atoms with E-state index in [1.165, 1.54) is 12.1 Å². The summed E-state index contributed by atoms with van der Waals surface area (Å²) in [7, 11) is 1.73. The summed E-state index contributed by atoms with van der Waals surface area (Å²) in [5, 5.41) is 5.94. The van der Waals surface area contributed by atoms with E-state index in [1.54, 1.807) is 31.4 Å². The lowest BCUT2D eigenvalue weighted by molar-refractivity contribution is -0.231. The predicted molar refractivity (Wildman–Crippen MR) is 118 cm³/mol. The molecule has 33 heavy (non-hydrogen) atoms. The molecular formula is C23H25FN6O3. The van der Waals surface area contributed by atoms with Gasteiger partial charge in [-0.2, -0.15) is 0 Å². The van der Waals surface area contributed by atoms with Crippen LogP contribution in [0.5, 0.6) is 0 Å². The van der Waals surface area contributed by atoms with Crippen LogP contribution in [0.15, 0.2) is 36.5 Å². The number of rotatable bonds is 6. The lowest BCUT2D eigenvalue weighted by Crippen LogP contribution is -2.49. The van der Waals surface area contributed by atoms with E-state index in [1.807, 2.05) is 6.92 Å². The number of carbonyl (C=O) groups is 1. The minimum atomic E-state index is -0.773. The Balaban J connectivity index is 1.43. The van der Waals surface area contributed by atoms with Crippen LogP contribution in [0, 0.1) is 11.2 Å². The molecule has 1 saturated carbocycles. The fourth-order valence-corrected chi connectivity index (χ4v) is 3.61. The van der Waals surface area contributed by atoms with Crippen LogP contribution < -0.4 is 10.6 Å². The molecule has 0 unspecified atom stereocenters. The average Bonchev–Trinajstić information content (AvgIpc) is 3.54. The quantitative estimate of drug-likeness (QED) is 0.527. The van der Waals surface area contributed by atoms with E-state index in [2.05, 4.69) is 25.6 Å². The number of nitrogens with zero attached hydrogens (tertiary/aromatic N) is 3. The number of nitrogens with one attached hydrogen (secondary N) is 3. The maximum Gasteiger partial charge on any atom is 0.230 e. The minimum absolute atomic E-state index is 0.0591. The summed E-state index contributed by atoms with van der Waals surface area (Å²) in [6.45, 7) is 2.24. The number of imidazole rings is 1. The zero-order valence-electron chi connectivity index (χ0n) is 18.4. The number of anilines is 1. The Kier molecular flexibility index (Phi) is 5.55. The number of carbonyl (C=O) groups excluding carboxylic acids is 1. The highest BCUT2D eigenvalue weighted by atomic mass is 19.1. The van der Waals surface area contributed by atoms with Crippen LogP contribution >= 0.6 is 0 Å². The van der Waals surface area contributed by atoms with E-state index in [-0.39, 0.29) is 31.0 Å². The van der Waals surface area contributed by atoms with Gasteiger partial charge in [-0.3, -0.25) is 4.79 Å². The van der Waals surface area contributed by atoms with Gasteiger partial charge in [0.05, 0.1) is 35.7 Å². The van der Waals surface area contributed by atoms with E-state index in [4.69, 9.17) is 14.5 Å². The van der Waals surface area contributed by atoms with Crippen LogP contribution in [-0.2, 0) is 14.3 Å². The number of halogens is 1. The van der Waals surface area contributed by atoms with E-state index in [9.17, 15) is 9.18 Å². The summed E-state index contributed by atoms with van der Waals surface area (Å²) in [5.41, 5.74) is 1.77. The Morgan fingerprint density at radius 3 is 2.55 bits per heavy atom. The number of aromatic nitrogens is 4. The number of hydrogen-bond acceptors (Lipinski definition) is 7. The van der Waals surface area contributed by atoms with Gasteiger partial charge in [-0.05, 0) is 50.1 Å².